The van der Waals surface area contributed by atoms with Crippen LogP contribution in [0.1, 0.15) is 90.5 Å². The van der Waals surface area contributed by atoms with Crippen molar-refractivity contribution in [2.45, 2.75) is 87.9 Å². The summed E-state index contributed by atoms with van der Waals surface area (Å²) in [4.78, 5) is 34.9. The van der Waals surface area contributed by atoms with Crippen LogP contribution in [0.25, 0.3) is 0 Å². The maximum Gasteiger partial charge on any atom is 0.411 e. The quantitative estimate of drug-likeness (QED) is 0.0542. The minimum Gasteiger partial charge on any atom is -0.393 e. The SMILES string of the molecule is Cc1csc(CN(C)C(=O)c2c(C(C(C)O)C(NCc3ccccc3)(c3ccccc3)C(F)(F)F)ccc(C(N)=O)c2C(C(C)O)C(NCc2ccccc2)(c2ccccc2)C(F)(F)F)n1. The molecule has 6 aromatic rings. The van der Waals surface area contributed by atoms with Crippen molar-refractivity contribution >= 4 is 23.2 Å². The van der Waals surface area contributed by atoms with Crippen LogP contribution in [-0.4, -0.2) is 63.5 Å². The summed E-state index contributed by atoms with van der Waals surface area (Å²) >= 11 is 1.17. The van der Waals surface area contributed by atoms with Gasteiger partial charge in [-0.25, -0.2) is 4.98 Å². The third-order valence-electron chi connectivity index (χ3n) is 11.9. The zero-order chi connectivity index (χ0) is 48.0. The Balaban J connectivity index is 1.79. The van der Waals surface area contributed by atoms with Gasteiger partial charge in [-0.3, -0.25) is 20.2 Å². The van der Waals surface area contributed by atoms with E-state index in [9.17, 15) is 15.0 Å². The Bertz CT molecular complexity index is 2560. The highest BCUT2D eigenvalue weighted by Gasteiger charge is 2.65. The molecule has 66 heavy (non-hydrogen) atoms. The number of alkyl halides is 6. The molecule has 1 aromatic heterocycles. The highest BCUT2D eigenvalue weighted by molar-refractivity contribution is 7.09. The van der Waals surface area contributed by atoms with Crippen LogP contribution in [0.3, 0.4) is 0 Å². The predicted octanol–water partition coefficient (Wildman–Crippen LogP) is 9.25. The number of carbonyl (C=O) groups is 2. The molecule has 0 aliphatic carbocycles. The number of hydrogen-bond donors (Lipinski definition) is 5. The number of nitrogens with two attached hydrogens (primary N) is 1. The van der Waals surface area contributed by atoms with Crippen LogP contribution < -0.4 is 16.4 Å². The van der Waals surface area contributed by atoms with Crippen LogP contribution in [0.15, 0.2) is 139 Å². The molecule has 348 valence electrons. The molecule has 5 aromatic carbocycles. The van der Waals surface area contributed by atoms with Crippen molar-refractivity contribution < 1.29 is 46.1 Å². The van der Waals surface area contributed by atoms with Gasteiger partial charge in [-0.2, -0.15) is 26.3 Å². The van der Waals surface area contributed by atoms with Crippen molar-refractivity contribution in [1.82, 2.24) is 20.5 Å². The molecule has 0 saturated heterocycles. The molecule has 6 rings (SSSR count). The maximum absolute atomic E-state index is 16.8. The molecule has 6 atom stereocenters. The number of primary amides is 1. The normalized spacial score (nSPS) is 15.8. The molecule has 6 unspecified atom stereocenters. The summed E-state index contributed by atoms with van der Waals surface area (Å²) < 4.78 is 101. The third-order valence-corrected chi connectivity index (χ3v) is 12.8. The third kappa shape index (κ3) is 9.93. The molecule has 0 aliphatic heterocycles. The zero-order valence-electron chi connectivity index (χ0n) is 36.6. The summed E-state index contributed by atoms with van der Waals surface area (Å²) in [5.74, 6) is -7.08. The van der Waals surface area contributed by atoms with E-state index in [2.05, 4.69) is 15.6 Å². The number of aliphatic hydroxyl groups excluding tert-OH is 2. The molecular weight excluding hydrogens is 881 g/mol. The van der Waals surface area contributed by atoms with Gasteiger partial charge in [-0.05, 0) is 60.2 Å². The molecule has 0 spiro atoms. The van der Waals surface area contributed by atoms with Crippen molar-refractivity contribution in [2.24, 2.45) is 5.73 Å². The number of hydrogen-bond acceptors (Lipinski definition) is 8. The predicted molar refractivity (Wildman–Crippen MR) is 241 cm³/mol. The fraction of sp³-hybridized carbons (Fsp3) is 0.300. The molecule has 0 aliphatic rings. The van der Waals surface area contributed by atoms with Crippen LogP contribution in [0.5, 0.6) is 0 Å². The lowest BCUT2D eigenvalue weighted by atomic mass is 9.65. The van der Waals surface area contributed by atoms with Crippen LogP contribution in [0.2, 0.25) is 0 Å². The van der Waals surface area contributed by atoms with E-state index in [0.717, 1.165) is 30.9 Å². The average Bonchev–Trinajstić information content (AvgIpc) is 3.69. The van der Waals surface area contributed by atoms with E-state index in [-0.39, 0.29) is 6.54 Å². The number of nitrogens with one attached hydrogen (secondary N) is 2. The van der Waals surface area contributed by atoms with Gasteiger partial charge in [0.05, 0.1) is 18.8 Å². The minimum absolute atomic E-state index is 0.263. The topological polar surface area (TPSA) is 141 Å². The first-order valence-electron chi connectivity index (χ1n) is 21.1. The first kappa shape index (κ1) is 49.5. The first-order valence-corrected chi connectivity index (χ1v) is 21.9. The molecule has 0 bridgehead atoms. The van der Waals surface area contributed by atoms with Gasteiger partial charge in [0.25, 0.3) is 5.91 Å². The van der Waals surface area contributed by atoms with E-state index in [1.807, 2.05) is 0 Å². The molecule has 0 radical (unpaired) electrons. The highest BCUT2D eigenvalue weighted by Crippen LogP contribution is 2.55. The molecule has 1 heterocycles. The Labute approximate surface area is 383 Å². The Morgan fingerprint density at radius 2 is 1.11 bits per heavy atom. The molecule has 0 saturated carbocycles. The summed E-state index contributed by atoms with van der Waals surface area (Å²) in [5, 5.41) is 31.5. The van der Waals surface area contributed by atoms with Gasteiger partial charge in [0.2, 0.25) is 5.91 Å². The maximum atomic E-state index is 16.8. The number of benzene rings is 5. The Morgan fingerprint density at radius 3 is 1.48 bits per heavy atom. The smallest absolute Gasteiger partial charge is 0.393 e. The Kier molecular flexibility index (Phi) is 15.2. The number of nitrogens with zero attached hydrogens (tertiary/aromatic N) is 2. The summed E-state index contributed by atoms with van der Waals surface area (Å²) in [7, 11) is 1.29. The van der Waals surface area contributed by atoms with E-state index >= 15 is 31.1 Å². The lowest BCUT2D eigenvalue weighted by molar-refractivity contribution is -0.217. The first-order chi connectivity index (χ1) is 31.2. The number of aliphatic hydroxyl groups is 2. The fourth-order valence-electron chi connectivity index (χ4n) is 9.03. The standard InChI is InChI=1S/C50H51F6N5O4S/c1-31-30-66-40(60-31)29-61(4)46(65)42-38(43(32(2)62)47(49(51,52)53,36-21-13-7-14-22-36)58-27-34-17-9-5-10-18-34)25-26-39(45(57)64)41(42)44(33(3)63)48(50(54,55)56,37-23-15-8-16-24-37)59-28-35-19-11-6-12-20-35/h5-26,30,32-33,43-44,58-59,62-63H,27-29H2,1-4H3,(H2,57,64). The second kappa shape index (κ2) is 20.3. The van der Waals surface area contributed by atoms with Crippen LogP contribution in [0, 0.1) is 6.92 Å². The lowest BCUT2D eigenvalue weighted by Crippen LogP contribution is -2.61. The minimum atomic E-state index is -5.37. The summed E-state index contributed by atoms with van der Waals surface area (Å²) in [6, 6.07) is 31.3. The summed E-state index contributed by atoms with van der Waals surface area (Å²) in [5.41, 5.74) is -2.88. The number of aromatic nitrogens is 1. The fourth-order valence-corrected chi connectivity index (χ4v) is 9.85. The van der Waals surface area contributed by atoms with E-state index in [4.69, 9.17) is 5.73 Å². The van der Waals surface area contributed by atoms with Gasteiger partial charge < -0.3 is 20.8 Å². The summed E-state index contributed by atoms with van der Waals surface area (Å²) in [6.45, 7) is 2.68. The van der Waals surface area contributed by atoms with E-state index in [0.29, 0.717) is 21.8 Å². The van der Waals surface area contributed by atoms with Crippen molar-refractivity contribution in [3.63, 3.8) is 0 Å². The van der Waals surface area contributed by atoms with Gasteiger partial charge in [-0.15, -0.1) is 11.3 Å². The van der Waals surface area contributed by atoms with Crippen molar-refractivity contribution in [1.29, 1.82) is 0 Å². The molecule has 0 fully saturated rings. The van der Waals surface area contributed by atoms with Gasteiger partial charge in [0.1, 0.15) is 5.01 Å². The van der Waals surface area contributed by atoms with Crippen LogP contribution >= 0.6 is 11.3 Å². The number of aryl methyl sites for hydroxylation is 1. The highest BCUT2D eigenvalue weighted by atomic mass is 32.1. The number of amides is 2. The van der Waals surface area contributed by atoms with Crippen molar-refractivity contribution in [2.75, 3.05) is 7.05 Å². The van der Waals surface area contributed by atoms with Gasteiger partial charge >= 0.3 is 12.4 Å². The summed E-state index contributed by atoms with van der Waals surface area (Å²) in [6.07, 6.45) is -14.8. The molecular formula is C50H51F6N5O4S. The number of thiazole rings is 1. The molecule has 9 nitrogen and oxygen atoms in total. The van der Waals surface area contributed by atoms with Crippen LogP contribution in [0.4, 0.5) is 26.3 Å². The van der Waals surface area contributed by atoms with Gasteiger partial charge in [0, 0.05) is 54.2 Å². The number of carbonyl (C=O) groups excluding carboxylic acids is 2. The van der Waals surface area contributed by atoms with E-state index < -0.39 is 106 Å². The number of halogens is 6. The zero-order valence-corrected chi connectivity index (χ0v) is 37.4. The molecule has 2 amide bonds. The second-order valence-electron chi connectivity index (χ2n) is 16.4. The molecule has 6 N–H and O–H groups in total. The van der Waals surface area contributed by atoms with E-state index in [1.54, 1.807) is 73.0 Å². The average molecular weight is 932 g/mol. The van der Waals surface area contributed by atoms with Gasteiger partial charge in [-0.1, -0.05) is 127 Å². The molecule has 16 heteroatoms. The largest absolute Gasteiger partial charge is 0.411 e. The second-order valence-corrected chi connectivity index (χ2v) is 17.3. The van der Waals surface area contributed by atoms with Crippen LogP contribution in [-0.2, 0) is 30.7 Å². The monoisotopic (exact) mass is 931 g/mol. The van der Waals surface area contributed by atoms with Gasteiger partial charge in [0.15, 0.2) is 11.1 Å². The number of rotatable bonds is 18. The lowest BCUT2D eigenvalue weighted by Gasteiger charge is -2.48. The van der Waals surface area contributed by atoms with E-state index in [1.165, 1.54) is 79.0 Å². The van der Waals surface area contributed by atoms with Crippen molar-refractivity contribution in [3.8, 4) is 0 Å². The van der Waals surface area contributed by atoms with Crippen molar-refractivity contribution in [3.05, 3.63) is 194 Å². The Hall–Kier alpha value is -5.91. The Morgan fingerprint density at radius 1 is 0.682 bits per heavy atom.